The summed E-state index contributed by atoms with van der Waals surface area (Å²) in [6.07, 6.45) is -4.17. The smallest absolute Gasteiger partial charge is 0.338 e. The molecule has 0 saturated carbocycles. The third-order valence-corrected chi connectivity index (χ3v) is 5.39. The van der Waals surface area contributed by atoms with E-state index in [0.29, 0.717) is 16.7 Å². The van der Waals surface area contributed by atoms with Gasteiger partial charge in [-0.05, 0) is 36.4 Å². The second kappa shape index (κ2) is 11.4. The molecule has 1 aliphatic rings. The summed E-state index contributed by atoms with van der Waals surface area (Å²) in [4.78, 5) is 38.0. The van der Waals surface area contributed by atoms with E-state index >= 15 is 0 Å². The first-order valence-corrected chi connectivity index (χ1v) is 11.0. The molecule has 0 amide bonds. The molecule has 0 spiro atoms. The van der Waals surface area contributed by atoms with Gasteiger partial charge in [-0.1, -0.05) is 54.6 Å². The summed E-state index contributed by atoms with van der Waals surface area (Å²) < 4.78 is 28.0. The third kappa shape index (κ3) is 5.92. The monoisotopic (exact) mass is 476 g/mol. The predicted molar refractivity (Wildman–Crippen MR) is 124 cm³/mol. The van der Waals surface area contributed by atoms with E-state index in [1.165, 1.54) is 7.11 Å². The molecule has 1 saturated heterocycles. The minimum Gasteiger partial charge on any atom is -0.459 e. The van der Waals surface area contributed by atoms with E-state index in [2.05, 4.69) is 0 Å². The van der Waals surface area contributed by atoms with Crippen molar-refractivity contribution in [3.05, 3.63) is 108 Å². The van der Waals surface area contributed by atoms with Gasteiger partial charge in [0.2, 0.25) is 0 Å². The summed E-state index contributed by atoms with van der Waals surface area (Å²) in [5, 5.41) is 0. The number of carbonyl (C=O) groups excluding carboxylic acids is 3. The lowest BCUT2D eigenvalue weighted by molar-refractivity contribution is -0.155. The molecule has 35 heavy (non-hydrogen) atoms. The minimum absolute atomic E-state index is 0.250. The Labute approximate surface area is 202 Å². The van der Waals surface area contributed by atoms with Crippen molar-refractivity contribution in [1.82, 2.24) is 0 Å². The molecule has 0 radical (unpaired) electrons. The van der Waals surface area contributed by atoms with Crippen molar-refractivity contribution in [1.29, 1.82) is 0 Å². The Kier molecular flexibility index (Phi) is 7.87. The van der Waals surface area contributed by atoms with Crippen molar-refractivity contribution < 1.29 is 38.1 Å². The van der Waals surface area contributed by atoms with Crippen molar-refractivity contribution in [2.24, 2.45) is 0 Å². The van der Waals surface area contributed by atoms with E-state index < -0.39 is 42.5 Å². The van der Waals surface area contributed by atoms with E-state index in [9.17, 15) is 14.4 Å². The van der Waals surface area contributed by atoms with Gasteiger partial charge in [0.1, 0.15) is 12.7 Å². The van der Waals surface area contributed by atoms with Crippen LogP contribution in [0.1, 0.15) is 31.1 Å². The van der Waals surface area contributed by atoms with Crippen LogP contribution >= 0.6 is 0 Å². The molecule has 0 aromatic heterocycles. The maximum absolute atomic E-state index is 12.8. The van der Waals surface area contributed by atoms with Crippen molar-refractivity contribution in [2.75, 3.05) is 13.7 Å². The molecular formula is C27H24O8. The summed E-state index contributed by atoms with van der Waals surface area (Å²) in [5.41, 5.74) is 0.981. The molecule has 4 rings (SSSR count). The molecule has 1 fully saturated rings. The van der Waals surface area contributed by atoms with E-state index in [1.807, 2.05) is 0 Å². The number of rotatable bonds is 8. The van der Waals surface area contributed by atoms with Crippen LogP contribution in [-0.2, 0) is 23.7 Å². The molecule has 0 N–H and O–H groups in total. The Morgan fingerprint density at radius 3 is 1.54 bits per heavy atom. The lowest BCUT2D eigenvalue weighted by Gasteiger charge is -2.24. The molecule has 8 nitrogen and oxygen atoms in total. The van der Waals surface area contributed by atoms with Gasteiger partial charge in [-0.2, -0.15) is 0 Å². The second-order valence-electron chi connectivity index (χ2n) is 7.72. The average Bonchev–Trinajstić information content (AvgIpc) is 3.24. The van der Waals surface area contributed by atoms with Crippen LogP contribution in [0.2, 0.25) is 0 Å². The molecule has 3 aromatic carbocycles. The van der Waals surface area contributed by atoms with Gasteiger partial charge < -0.3 is 23.7 Å². The Hall–Kier alpha value is -4.01. The molecule has 0 aliphatic carbocycles. The fourth-order valence-electron chi connectivity index (χ4n) is 3.63. The first-order valence-electron chi connectivity index (χ1n) is 11.0. The number of esters is 3. The van der Waals surface area contributed by atoms with Crippen molar-refractivity contribution in [3.63, 3.8) is 0 Å². The van der Waals surface area contributed by atoms with Gasteiger partial charge in [-0.15, -0.1) is 0 Å². The summed E-state index contributed by atoms with van der Waals surface area (Å²) in [6.45, 7) is -0.250. The van der Waals surface area contributed by atoms with Gasteiger partial charge in [0.25, 0.3) is 0 Å². The molecule has 0 unspecified atom stereocenters. The van der Waals surface area contributed by atoms with Crippen LogP contribution in [0.3, 0.4) is 0 Å². The third-order valence-electron chi connectivity index (χ3n) is 5.39. The van der Waals surface area contributed by atoms with Crippen LogP contribution in [-0.4, -0.2) is 56.2 Å². The molecule has 3 aromatic rings. The second-order valence-corrected chi connectivity index (χ2v) is 7.72. The number of hydrogen-bond donors (Lipinski definition) is 0. The molecule has 180 valence electrons. The number of ether oxygens (including phenoxy) is 5. The summed E-state index contributed by atoms with van der Waals surface area (Å²) in [6, 6.07) is 25.2. The standard InChI is InChI=1S/C27H24O8/c1-31-27-23(35-26(30)20-15-9-4-10-16-20)22(34-25(29)19-13-7-3-8-14-19)21(33-27)17-32-24(28)18-11-5-2-6-12-18/h2-16,21-23,27H,17H2,1H3/t21-,22-,23+,27-/m0/s1. The van der Waals surface area contributed by atoms with Crippen molar-refractivity contribution >= 4 is 17.9 Å². The number of methoxy groups -OCH3 is 1. The summed E-state index contributed by atoms with van der Waals surface area (Å²) in [5.74, 6) is -1.85. The van der Waals surface area contributed by atoms with E-state index in [-0.39, 0.29) is 6.61 Å². The lowest BCUT2D eigenvalue weighted by atomic mass is 10.1. The predicted octanol–water partition coefficient (Wildman–Crippen LogP) is 3.67. The van der Waals surface area contributed by atoms with Crippen LogP contribution < -0.4 is 0 Å². The number of benzene rings is 3. The highest BCUT2D eigenvalue weighted by atomic mass is 16.7. The van der Waals surface area contributed by atoms with Crippen molar-refractivity contribution in [3.8, 4) is 0 Å². The largest absolute Gasteiger partial charge is 0.459 e. The highest BCUT2D eigenvalue weighted by molar-refractivity contribution is 5.90. The van der Waals surface area contributed by atoms with Gasteiger partial charge in [-0.25, -0.2) is 14.4 Å². The first-order chi connectivity index (χ1) is 17.1. The molecule has 0 bridgehead atoms. The first kappa shape index (κ1) is 24.1. The number of hydrogen-bond acceptors (Lipinski definition) is 8. The molecule has 1 aliphatic heterocycles. The maximum Gasteiger partial charge on any atom is 0.338 e. The Morgan fingerprint density at radius 2 is 1.09 bits per heavy atom. The zero-order valence-corrected chi connectivity index (χ0v) is 18.9. The van der Waals surface area contributed by atoms with E-state index in [1.54, 1.807) is 91.0 Å². The molecule has 1 heterocycles. The topological polar surface area (TPSA) is 97.4 Å². The fourth-order valence-corrected chi connectivity index (χ4v) is 3.63. The molecular weight excluding hydrogens is 452 g/mol. The zero-order valence-electron chi connectivity index (χ0n) is 18.9. The lowest BCUT2D eigenvalue weighted by Crippen LogP contribution is -2.42. The number of carbonyl (C=O) groups is 3. The summed E-state index contributed by atoms with van der Waals surface area (Å²) >= 11 is 0. The maximum atomic E-state index is 12.8. The normalized spacial score (nSPS) is 21.2. The van der Waals surface area contributed by atoms with Gasteiger partial charge in [0, 0.05) is 7.11 Å². The van der Waals surface area contributed by atoms with E-state index in [4.69, 9.17) is 23.7 Å². The highest BCUT2D eigenvalue weighted by Crippen LogP contribution is 2.29. The van der Waals surface area contributed by atoms with Crippen LogP contribution in [0.5, 0.6) is 0 Å². The van der Waals surface area contributed by atoms with Gasteiger partial charge >= 0.3 is 17.9 Å². The Balaban J connectivity index is 1.54. The highest BCUT2D eigenvalue weighted by Gasteiger charge is 2.50. The van der Waals surface area contributed by atoms with Crippen molar-refractivity contribution in [2.45, 2.75) is 24.6 Å². The Morgan fingerprint density at radius 1 is 0.657 bits per heavy atom. The fraction of sp³-hybridized carbons (Fsp3) is 0.222. The van der Waals surface area contributed by atoms with Gasteiger partial charge in [-0.3, -0.25) is 0 Å². The van der Waals surface area contributed by atoms with Gasteiger partial charge in [0.15, 0.2) is 18.5 Å². The zero-order chi connectivity index (χ0) is 24.6. The van der Waals surface area contributed by atoms with Crippen LogP contribution in [0.25, 0.3) is 0 Å². The minimum atomic E-state index is -1.10. The van der Waals surface area contributed by atoms with Crippen LogP contribution in [0, 0.1) is 0 Å². The van der Waals surface area contributed by atoms with Crippen LogP contribution in [0.15, 0.2) is 91.0 Å². The van der Waals surface area contributed by atoms with Crippen LogP contribution in [0.4, 0.5) is 0 Å². The van der Waals surface area contributed by atoms with E-state index in [0.717, 1.165) is 0 Å². The Bertz CT molecular complexity index is 1130. The van der Waals surface area contributed by atoms with Gasteiger partial charge in [0.05, 0.1) is 16.7 Å². The average molecular weight is 476 g/mol. The SMILES string of the molecule is CO[C@H]1O[C@@H](COC(=O)c2ccccc2)[C@H](OC(=O)c2ccccc2)[C@H]1OC(=O)c1ccccc1. The summed E-state index contributed by atoms with van der Waals surface area (Å²) in [7, 11) is 1.38. The molecule has 4 atom stereocenters. The molecule has 8 heteroatoms. The quantitative estimate of drug-likeness (QED) is 0.359.